The fourth-order valence-electron chi connectivity index (χ4n) is 2.38. The first-order chi connectivity index (χ1) is 9.08. The fourth-order valence-corrected chi connectivity index (χ4v) is 2.38. The highest BCUT2D eigenvalue weighted by molar-refractivity contribution is 5.76. The number of carboxylic acids is 1. The van der Waals surface area contributed by atoms with E-state index in [0.29, 0.717) is 26.1 Å². The van der Waals surface area contributed by atoms with Gasteiger partial charge in [-0.25, -0.2) is 4.79 Å². The Morgan fingerprint density at radius 1 is 1.53 bits per heavy atom. The summed E-state index contributed by atoms with van der Waals surface area (Å²) in [6.45, 7) is 3.46. The number of piperidine rings is 1. The number of ether oxygens (including phenoxy) is 1. The number of carbonyl (C=O) groups is 2. The van der Waals surface area contributed by atoms with Crippen molar-refractivity contribution in [1.82, 2.24) is 10.2 Å². The summed E-state index contributed by atoms with van der Waals surface area (Å²) in [6.07, 6.45) is 3.21. The van der Waals surface area contributed by atoms with Crippen molar-refractivity contribution in [2.24, 2.45) is 5.92 Å². The Bertz CT molecular complexity index is 303. The number of methoxy groups -OCH3 is 1. The number of nitrogens with zero attached hydrogens (tertiary/aromatic N) is 1. The highest BCUT2D eigenvalue weighted by Crippen LogP contribution is 2.16. The molecule has 0 aromatic carbocycles. The van der Waals surface area contributed by atoms with Gasteiger partial charge in [0, 0.05) is 20.2 Å². The lowest BCUT2D eigenvalue weighted by molar-refractivity contribution is -0.143. The van der Waals surface area contributed by atoms with Gasteiger partial charge in [0.25, 0.3) is 0 Å². The summed E-state index contributed by atoms with van der Waals surface area (Å²) in [5.74, 6) is -1.26. The van der Waals surface area contributed by atoms with Gasteiger partial charge in [-0.3, -0.25) is 4.79 Å². The Balaban J connectivity index is 2.49. The molecule has 19 heavy (non-hydrogen) atoms. The van der Waals surface area contributed by atoms with Gasteiger partial charge in [-0.1, -0.05) is 13.3 Å². The molecule has 110 valence electrons. The number of carbonyl (C=O) groups excluding carboxylic acids is 1. The average Bonchev–Trinajstić information content (AvgIpc) is 2.39. The Hall–Kier alpha value is -1.30. The summed E-state index contributed by atoms with van der Waals surface area (Å²) in [4.78, 5) is 24.7. The molecule has 0 radical (unpaired) electrons. The molecule has 0 aliphatic carbocycles. The van der Waals surface area contributed by atoms with Crippen LogP contribution in [0.25, 0.3) is 0 Å². The lowest BCUT2D eigenvalue weighted by Crippen LogP contribution is -2.50. The van der Waals surface area contributed by atoms with E-state index in [4.69, 9.17) is 9.84 Å². The standard InChI is InChI=1S/C13H24N2O4/c1-3-5-11(9-19-2)14-13(18)15-7-4-6-10(8-15)12(16)17/h10-11H,3-9H2,1-2H3,(H,14,18)(H,16,17)/t10-,11?/m0/s1. The minimum absolute atomic E-state index is 0.00676. The molecule has 0 bridgehead atoms. The SMILES string of the molecule is CCCC(COC)NC(=O)N1CCC[C@H](C(=O)O)C1. The molecular weight excluding hydrogens is 248 g/mol. The van der Waals surface area contributed by atoms with Crippen LogP contribution in [-0.4, -0.2) is 54.9 Å². The van der Waals surface area contributed by atoms with E-state index in [1.165, 1.54) is 0 Å². The van der Waals surface area contributed by atoms with Gasteiger partial charge in [-0.05, 0) is 19.3 Å². The van der Waals surface area contributed by atoms with Crippen LogP contribution in [0.1, 0.15) is 32.6 Å². The summed E-state index contributed by atoms with van der Waals surface area (Å²) in [7, 11) is 1.61. The molecule has 1 heterocycles. The molecule has 2 amide bonds. The fraction of sp³-hybridized carbons (Fsp3) is 0.846. The van der Waals surface area contributed by atoms with Crippen LogP contribution in [0.5, 0.6) is 0 Å². The third kappa shape index (κ3) is 5.06. The second kappa shape index (κ2) is 7.99. The van der Waals surface area contributed by atoms with Crippen molar-refractivity contribution in [2.75, 3.05) is 26.8 Å². The Kier molecular flexibility index (Phi) is 6.62. The number of nitrogens with one attached hydrogen (secondary N) is 1. The largest absolute Gasteiger partial charge is 0.481 e. The highest BCUT2D eigenvalue weighted by Gasteiger charge is 2.28. The quantitative estimate of drug-likeness (QED) is 0.764. The summed E-state index contributed by atoms with van der Waals surface area (Å²) in [5.41, 5.74) is 0. The minimum Gasteiger partial charge on any atom is -0.481 e. The maximum Gasteiger partial charge on any atom is 0.317 e. The van der Waals surface area contributed by atoms with Crippen molar-refractivity contribution in [3.8, 4) is 0 Å². The second-order valence-corrected chi connectivity index (χ2v) is 5.01. The van der Waals surface area contributed by atoms with Crippen LogP contribution in [0.15, 0.2) is 0 Å². The van der Waals surface area contributed by atoms with Crippen molar-refractivity contribution in [1.29, 1.82) is 0 Å². The zero-order valence-electron chi connectivity index (χ0n) is 11.7. The smallest absolute Gasteiger partial charge is 0.317 e. The number of carboxylic acid groups (broad SMARTS) is 1. The Labute approximate surface area is 114 Å². The maximum absolute atomic E-state index is 12.1. The van der Waals surface area contributed by atoms with Crippen LogP contribution in [0, 0.1) is 5.92 Å². The number of rotatable bonds is 6. The number of likely N-dealkylation sites (tertiary alicyclic amines) is 1. The molecule has 6 nitrogen and oxygen atoms in total. The van der Waals surface area contributed by atoms with Crippen molar-refractivity contribution in [3.05, 3.63) is 0 Å². The third-order valence-corrected chi connectivity index (χ3v) is 3.39. The third-order valence-electron chi connectivity index (χ3n) is 3.39. The zero-order chi connectivity index (χ0) is 14.3. The Morgan fingerprint density at radius 3 is 2.84 bits per heavy atom. The van der Waals surface area contributed by atoms with E-state index in [1.54, 1.807) is 12.0 Å². The van der Waals surface area contributed by atoms with Crippen LogP contribution in [0.3, 0.4) is 0 Å². The van der Waals surface area contributed by atoms with Crippen LogP contribution >= 0.6 is 0 Å². The van der Waals surface area contributed by atoms with Crippen molar-refractivity contribution in [2.45, 2.75) is 38.6 Å². The van der Waals surface area contributed by atoms with E-state index in [0.717, 1.165) is 19.3 Å². The molecule has 2 N–H and O–H groups in total. The van der Waals surface area contributed by atoms with Crippen LogP contribution < -0.4 is 5.32 Å². The van der Waals surface area contributed by atoms with Crippen molar-refractivity contribution in [3.63, 3.8) is 0 Å². The summed E-state index contributed by atoms with van der Waals surface area (Å²) < 4.78 is 5.08. The molecule has 1 rings (SSSR count). The molecule has 1 aliphatic rings. The molecule has 0 spiro atoms. The number of urea groups is 1. The van der Waals surface area contributed by atoms with E-state index in [-0.39, 0.29) is 12.1 Å². The monoisotopic (exact) mass is 272 g/mol. The van der Waals surface area contributed by atoms with E-state index in [2.05, 4.69) is 12.2 Å². The van der Waals surface area contributed by atoms with E-state index >= 15 is 0 Å². The average molecular weight is 272 g/mol. The number of aliphatic carboxylic acids is 1. The Morgan fingerprint density at radius 2 is 2.26 bits per heavy atom. The van der Waals surface area contributed by atoms with Gasteiger partial charge in [0.15, 0.2) is 0 Å². The van der Waals surface area contributed by atoms with Gasteiger partial charge in [0.05, 0.1) is 18.6 Å². The molecule has 1 fully saturated rings. The van der Waals surface area contributed by atoms with E-state index < -0.39 is 11.9 Å². The predicted octanol–water partition coefficient (Wildman–Crippen LogP) is 1.31. The van der Waals surface area contributed by atoms with E-state index in [1.807, 2.05) is 0 Å². The lowest BCUT2D eigenvalue weighted by atomic mass is 9.99. The molecule has 0 aromatic heterocycles. The van der Waals surface area contributed by atoms with Crippen molar-refractivity contribution >= 4 is 12.0 Å². The van der Waals surface area contributed by atoms with Gasteiger partial charge < -0.3 is 20.1 Å². The van der Waals surface area contributed by atoms with E-state index in [9.17, 15) is 9.59 Å². The molecule has 1 aliphatic heterocycles. The second-order valence-electron chi connectivity index (χ2n) is 5.01. The number of amides is 2. The van der Waals surface area contributed by atoms with Gasteiger partial charge in [0.2, 0.25) is 0 Å². The molecule has 1 unspecified atom stereocenters. The van der Waals surface area contributed by atoms with Gasteiger partial charge in [0.1, 0.15) is 0 Å². The van der Waals surface area contributed by atoms with Gasteiger partial charge in [-0.15, -0.1) is 0 Å². The molecule has 0 saturated carbocycles. The van der Waals surface area contributed by atoms with Crippen LogP contribution in [0.2, 0.25) is 0 Å². The first-order valence-corrected chi connectivity index (χ1v) is 6.85. The maximum atomic E-state index is 12.1. The molecule has 6 heteroatoms. The highest BCUT2D eigenvalue weighted by atomic mass is 16.5. The van der Waals surface area contributed by atoms with Crippen molar-refractivity contribution < 1.29 is 19.4 Å². The van der Waals surface area contributed by atoms with Gasteiger partial charge >= 0.3 is 12.0 Å². The van der Waals surface area contributed by atoms with Crippen LogP contribution in [-0.2, 0) is 9.53 Å². The molecule has 2 atom stereocenters. The normalized spacial score (nSPS) is 20.9. The lowest BCUT2D eigenvalue weighted by Gasteiger charge is -2.32. The summed E-state index contributed by atoms with van der Waals surface area (Å²) in [5, 5.41) is 11.9. The van der Waals surface area contributed by atoms with Crippen LogP contribution in [0.4, 0.5) is 4.79 Å². The molecule has 1 saturated heterocycles. The summed E-state index contributed by atoms with van der Waals surface area (Å²) in [6, 6.07) is -0.186. The van der Waals surface area contributed by atoms with Gasteiger partial charge in [-0.2, -0.15) is 0 Å². The first-order valence-electron chi connectivity index (χ1n) is 6.85. The first kappa shape index (κ1) is 15.8. The minimum atomic E-state index is -0.820. The molecular formula is C13H24N2O4. The number of hydrogen-bond donors (Lipinski definition) is 2. The topological polar surface area (TPSA) is 78.9 Å². The predicted molar refractivity (Wildman–Crippen MR) is 71.0 cm³/mol. The molecule has 0 aromatic rings. The number of hydrogen-bond acceptors (Lipinski definition) is 3. The summed E-state index contributed by atoms with van der Waals surface area (Å²) >= 11 is 0. The zero-order valence-corrected chi connectivity index (χ0v) is 11.7.